The van der Waals surface area contributed by atoms with Crippen LogP contribution in [0.25, 0.3) is 10.9 Å². The van der Waals surface area contributed by atoms with Crippen LogP contribution >= 0.6 is 0 Å². The fourth-order valence-corrected chi connectivity index (χ4v) is 9.70. The maximum absolute atomic E-state index is 15.2. The Morgan fingerprint density at radius 1 is 0.881 bits per heavy atom. The van der Waals surface area contributed by atoms with Crippen molar-refractivity contribution in [1.82, 2.24) is 15.2 Å². The molecule has 1 fully saturated rings. The van der Waals surface area contributed by atoms with Gasteiger partial charge in [0.1, 0.15) is 29.0 Å². The normalized spacial score (nSPS) is 28.6. The van der Waals surface area contributed by atoms with Crippen molar-refractivity contribution < 1.29 is 58.2 Å². The lowest BCUT2D eigenvalue weighted by atomic mass is 9.78. The Hall–Kier alpha value is -6.36. The highest BCUT2D eigenvalue weighted by Crippen LogP contribution is 2.49. The number of carbonyl (C=O) groups excluding carboxylic acids is 5. The van der Waals surface area contributed by atoms with Crippen molar-refractivity contribution in [3.63, 3.8) is 0 Å². The van der Waals surface area contributed by atoms with Crippen LogP contribution in [0, 0.1) is 37.5 Å². The molecule has 0 spiro atoms. The van der Waals surface area contributed by atoms with Crippen LogP contribution in [-0.4, -0.2) is 118 Å². The third kappa shape index (κ3) is 8.97. The molecule has 8 rings (SSSR count). The number of phenols is 1. The molecule has 9 atom stereocenters. The van der Waals surface area contributed by atoms with Gasteiger partial charge in [-0.05, 0) is 39.0 Å². The number of aromatic nitrogens is 1. The summed E-state index contributed by atoms with van der Waals surface area (Å²) < 4.78 is 23.8. The second-order valence-electron chi connectivity index (χ2n) is 18.3. The summed E-state index contributed by atoms with van der Waals surface area (Å²) >= 11 is 0. The van der Waals surface area contributed by atoms with Crippen LogP contribution in [-0.2, 0) is 23.8 Å². The van der Waals surface area contributed by atoms with Crippen LogP contribution in [0.1, 0.15) is 90.8 Å². The van der Waals surface area contributed by atoms with Crippen LogP contribution in [0.4, 0.5) is 5.69 Å². The minimum Gasteiger partial charge on any atom is -0.507 e. The number of aliphatic hydroxyl groups excluding tert-OH is 2. The Morgan fingerprint density at radius 3 is 2.22 bits per heavy atom. The second-order valence-corrected chi connectivity index (χ2v) is 18.3. The Kier molecular flexibility index (Phi) is 13.8. The van der Waals surface area contributed by atoms with E-state index in [2.05, 4.69) is 15.2 Å². The van der Waals surface area contributed by atoms with Crippen molar-refractivity contribution in [2.75, 3.05) is 38.2 Å². The summed E-state index contributed by atoms with van der Waals surface area (Å²) in [6.45, 7) is 15.7. The van der Waals surface area contributed by atoms with Gasteiger partial charge >= 0.3 is 11.8 Å². The SMILES string of the molecule is COC1C=COC2(C)Oc3c(C)c(O)c4c(c3C2=O)C(=O)C(N2CCN(c3cc(C)nc5ccccc35)CC2)=C(NC(=O)C(C)=CC=CC(C)C(O)C(C)C(O)C(C)C(OC(C)=O)C1C)C4=O. The first kappa shape index (κ1) is 48.6. The van der Waals surface area contributed by atoms with Gasteiger partial charge in [-0.15, -0.1) is 0 Å². The van der Waals surface area contributed by atoms with E-state index in [1.165, 1.54) is 53.2 Å². The number of ketones is 3. The van der Waals surface area contributed by atoms with E-state index in [1.54, 1.807) is 44.7 Å². The smallest absolute Gasteiger partial charge is 0.312 e. The zero-order valence-electron chi connectivity index (χ0n) is 39.6. The molecular weight excluding hydrogens is 861 g/mol. The standard InChI is InChI=1S/C51H60N4O12/c1-25-14-13-15-26(2)50(63)53-40-41(55-21-19-54(20-22-55)35-24-27(3)52-34-17-12-11-16-33(34)35)46(61)37-38(45(40)60)44(59)31(7)48-39(37)49(62)51(9,67-48)65-23-18-36(64-10)28(4)47(66-32(8)56)30(6)43(58)29(5)42(25)57/h11-18,23-25,28-30,36,42-43,47,57-59H,19-22H2,1-10H3,(H,53,63). The molecular formula is C51H60N4O12. The zero-order valence-corrected chi connectivity index (χ0v) is 39.6. The maximum atomic E-state index is 15.2. The van der Waals surface area contributed by atoms with Crippen LogP contribution in [0.15, 0.2) is 77.9 Å². The first-order chi connectivity index (χ1) is 31.7. The molecule has 0 saturated carbocycles. The molecule has 1 amide bonds. The van der Waals surface area contributed by atoms with E-state index in [9.17, 15) is 34.5 Å². The molecule has 3 aromatic rings. The van der Waals surface area contributed by atoms with Gasteiger partial charge in [0.2, 0.25) is 11.6 Å². The average Bonchev–Trinajstić information content (AvgIpc) is 3.57. The lowest BCUT2D eigenvalue weighted by molar-refractivity contribution is -0.160. The van der Waals surface area contributed by atoms with E-state index in [0.717, 1.165) is 22.3 Å². The van der Waals surface area contributed by atoms with Crippen molar-refractivity contribution in [2.45, 2.75) is 92.5 Å². The Morgan fingerprint density at radius 2 is 1.55 bits per heavy atom. The molecule has 16 heteroatoms. The van der Waals surface area contributed by atoms with Gasteiger partial charge < -0.3 is 49.4 Å². The number of nitrogens with one attached hydrogen (secondary N) is 1. The molecule has 0 radical (unpaired) electrons. The molecule has 5 heterocycles. The number of amides is 1. The predicted molar refractivity (Wildman–Crippen MR) is 248 cm³/mol. The Balaban J connectivity index is 1.33. The summed E-state index contributed by atoms with van der Waals surface area (Å²) in [7, 11) is 1.43. The second kappa shape index (κ2) is 19.1. The number of carbonyl (C=O) groups is 5. The number of Topliss-reactive ketones (excluding diaryl/α,β-unsaturated/α-hetero) is 3. The summed E-state index contributed by atoms with van der Waals surface area (Å²) in [6, 6.07) is 9.81. The Bertz CT molecular complexity index is 2640. The van der Waals surface area contributed by atoms with Crippen molar-refractivity contribution in [1.29, 1.82) is 0 Å². The van der Waals surface area contributed by atoms with E-state index in [-0.39, 0.29) is 52.5 Å². The van der Waals surface area contributed by atoms with E-state index >= 15 is 4.79 Å². The minimum atomic E-state index is -2.10. The van der Waals surface area contributed by atoms with Crippen molar-refractivity contribution in [3.8, 4) is 11.5 Å². The van der Waals surface area contributed by atoms with Gasteiger partial charge in [0.05, 0.1) is 46.8 Å². The number of anilines is 1. The van der Waals surface area contributed by atoms with Gasteiger partial charge in [0.15, 0.2) is 0 Å². The van der Waals surface area contributed by atoms with Crippen molar-refractivity contribution in [3.05, 3.63) is 106 Å². The number of rotatable bonds is 4. The maximum Gasteiger partial charge on any atom is 0.312 e. The highest BCUT2D eigenvalue weighted by molar-refractivity contribution is 6.32. The molecule has 4 N–H and O–H groups in total. The molecule has 67 heavy (non-hydrogen) atoms. The van der Waals surface area contributed by atoms with Gasteiger partial charge in [-0.1, -0.05) is 64.1 Å². The summed E-state index contributed by atoms with van der Waals surface area (Å²) in [4.78, 5) is 79.8. The van der Waals surface area contributed by atoms with Gasteiger partial charge in [0, 0.05) is 98.7 Å². The Labute approximate surface area is 389 Å². The number of aryl methyl sites for hydroxylation is 1. The third-order valence-corrected chi connectivity index (χ3v) is 13.7. The number of aromatic hydroxyl groups is 1. The number of allylic oxidation sites excluding steroid dienone is 4. The highest BCUT2D eigenvalue weighted by Gasteiger charge is 2.53. The first-order valence-corrected chi connectivity index (χ1v) is 22.6. The summed E-state index contributed by atoms with van der Waals surface area (Å²) in [6.07, 6.45) is 3.45. The fraction of sp³-hybridized carbons (Fsp3) is 0.451. The number of benzene rings is 2. The van der Waals surface area contributed by atoms with Crippen LogP contribution in [0.3, 0.4) is 0 Å². The number of fused-ring (bicyclic) bond motifs is 15. The number of aliphatic hydroxyl groups is 2. The predicted octanol–water partition coefficient (Wildman–Crippen LogP) is 5.64. The van der Waals surface area contributed by atoms with E-state index in [4.69, 9.17) is 18.9 Å². The van der Waals surface area contributed by atoms with Gasteiger partial charge in [-0.2, -0.15) is 0 Å². The number of nitrogens with zero attached hydrogens (tertiary/aromatic N) is 3. The van der Waals surface area contributed by atoms with Gasteiger partial charge in [-0.25, -0.2) is 0 Å². The third-order valence-electron chi connectivity index (χ3n) is 13.7. The molecule has 1 aromatic heterocycles. The number of para-hydroxylation sites is 1. The summed E-state index contributed by atoms with van der Waals surface area (Å²) in [5, 5.41) is 38.4. The highest BCUT2D eigenvalue weighted by atomic mass is 16.7. The summed E-state index contributed by atoms with van der Waals surface area (Å²) in [5.41, 5.74) is 1.17. The lowest BCUT2D eigenvalue weighted by Gasteiger charge is -2.40. The molecule has 5 aliphatic rings. The number of esters is 1. The summed E-state index contributed by atoms with van der Waals surface area (Å²) in [5.74, 6) is -9.18. The fourth-order valence-electron chi connectivity index (χ4n) is 9.70. The molecule has 2 aromatic carbocycles. The molecule has 1 saturated heterocycles. The largest absolute Gasteiger partial charge is 0.507 e. The molecule has 9 unspecified atom stereocenters. The monoisotopic (exact) mass is 920 g/mol. The number of phenolic OH excluding ortho intramolecular Hbond substituents is 1. The first-order valence-electron chi connectivity index (χ1n) is 22.6. The average molecular weight is 921 g/mol. The quantitative estimate of drug-likeness (QED) is 0.233. The number of hydrogen-bond acceptors (Lipinski definition) is 15. The zero-order chi connectivity index (χ0) is 48.8. The number of pyridine rings is 1. The van der Waals surface area contributed by atoms with Crippen molar-refractivity contribution >= 4 is 45.8 Å². The number of piperazine rings is 1. The van der Waals surface area contributed by atoms with Crippen LogP contribution < -0.4 is 15.0 Å². The molecule has 16 nitrogen and oxygen atoms in total. The lowest BCUT2D eigenvalue weighted by Crippen LogP contribution is -2.50. The molecule has 1 aliphatic carbocycles. The number of ether oxygens (including phenoxy) is 4. The number of methoxy groups -OCH3 is 1. The van der Waals surface area contributed by atoms with E-state index < -0.39 is 94.4 Å². The van der Waals surface area contributed by atoms with Crippen molar-refractivity contribution in [2.24, 2.45) is 23.7 Å². The van der Waals surface area contributed by atoms with Crippen LogP contribution in [0.2, 0.25) is 0 Å². The number of hydrogen-bond donors (Lipinski definition) is 4. The molecule has 5 bridgehead atoms. The topological polar surface area (TPSA) is 214 Å². The van der Waals surface area contributed by atoms with E-state index in [1.807, 2.05) is 37.3 Å². The van der Waals surface area contributed by atoms with Gasteiger partial charge in [-0.3, -0.25) is 29.0 Å². The van der Waals surface area contributed by atoms with Crippen LogP contribution in [0.5, 0.6) is 11.5 Å². The minimum absolute atomic E-state index is 0.000374. The van der Waals surface area contributed by atoms with E-state index in [0.29, 0.717) is 13.1 Å². The molecule has 4 aliphatic heterocycles. The molecule has 356 valence electrons. The van der Waals surface area contributed by atoms with Gasteiger partial charge in [0.25, 0.3) is 11.7 Å².